The van der Waals surface area contributed by atoms with Crippen molar-refractivity contribution < 1.29 is 18.3 Å². The van der Waals surface area contributed by atoms with Crippen LogP contribution < -0.4 is 11.1 Å². The first-order chi connectivity index (χ1) is 22.2. The van der Waals surface area contributed by atoms with Crippen LogP contribution in [0.4, 0.5) is 13.8 Å². The number of hydrogen-bond acceptors (Lipinski definition) is 9. The van der Waals surface area contributed by atoms with Crippen molar-refractivity contribution in [2.24, 2.45) is 4.99 Å². The summed E-state index contributed by atoms with van der Waals surface area (Å²) < 4.78 is 44.2. The zero-order valence-electron chi connectivity index (χ0n) is 26.5. The van der Waals surface area contributed by atoms with Gasteiger partial charge in [0, 0.05) is 22.2 Å². The average Bonchev–Trinajstić information content (AvgIpc) is 3.81. The second-order valence-electron chi connectivity index (χ2n) is 12.4. The van der Waals surface area contributed by atoms with Crippen molar-refractivity contribution >= 4 is 38.0 Å². The maximum Gasteiger partial charge on any atom is 0.188 e. The van der Waals surface area contributed by atoms with Crippen LogP contribution >= 0.6 is 11.3 Å². The molecule has 0 unspecified atom stereocenters. The van der Waals surface area contributed by atoms with Gasteiger partial charge in [-0.1, -0.05) is 13.3 Å². The first-order valence-electron chi connectivity index (χ1n) is 15.8. The second kappa shape index (κ2) is 13.1. The number of pyridine rings is 1. The van der Waals surface area contributed by atoms with E-state index in [9.17, 15) is 9.65 Å². The van der Waals surface area contributed by atoms with Gasteiger partial charge >= 0.3 is 0 Å². The van der Waals surface area contributed by atoms with Gasteiger partial charge in [-0.3, -0.25) is 14.9 Å². The summed E-state index contributed by atoms with van der Waals surface area (Å²) >= 11 is 0.946. The van der Waals surface area contributed by atoms with E-state index >= 15 is 4.39 Å². The minimum atomic E-state index is -0.622. The Labute approximate surface area is 271 Å². The van der Waals surface area contributed by atoms with Gasteiger partial charge in [-0.05, 0) is 81.8 Å². The minimum Gasteiger partial charge on any atom is -0.477 e. The number of fused-ring (bicyclic) bond motifs is 3. The first-order valence-corrected chi connectivity index (χ1v) is 16.6. The standard InChI is InChI=1S/C34H39F2N7O2S/c1-4-5-8-25(45-18-34-9-6-11-43(34)12-7-10-34)42-33(41-14-19(2)38)26-20(3)29(36)27(23-17-44-16-22(23)26)30-28-21(13-37)32(39)46-31(28)24(35)15-40-30/h8,15,38H,4-7,9-12,14,16-18,39H2,1-3H3,(H,41,42)/b25-8-,38-19?. The van der Waals surface area contributed by atoms with Gasteiger partial charge in [0.05, 0.1) is 47.5 Å². The Hall–Kier alpha value is -3.92. The molecule has 12 heteroatoms. The Morgan fingerprint density at radius 3 is 2.74 bits per heavy atom. The first kappa shape index (κ1) is 32.0. The number of aliphatic imine (C=N–C) groups is 1. The van der Waals surface area contributed by atoms with Crippen LogP contribution in [0.1, 0.15) is 80.2 Å². The van der Waals surface area contributed by atoms with Crippen LogP contribution in [-0.2, 0) is 22.7 Å². The summed E-state index contributed by atoms with van der Waals surface area (Å²) in [5.74, 6) is -0.243. The van der Waals surface area contributed by atoms with E-state index in [1.54, 1.807) is 13.8 Å². The molecule has 0 saturated carbocycles. The van der Waals surface area contributed by atoms with Gasteiger partial charge in [0.1, 0.15) is 29.3 Å². The van der Waals surface area contributed by atoms with Crippen molar-refractivity contribution in [3.05, 3.63) is 57.6 Å². The lowest BCUT2D eigenvalue weighted by Crippen LogP contribution is -2.43. The lowest BCUT2D eigenvalue weighted by Gasteiger charge is -2.32. The van der Waals surface area contributed by atoms with E-state index in [0.717, 1.165) is 74.7 Å². The highest BCUT2D eigenvalue weighted by atomic mass is 32.1. The van der Waals surface area contributed by atoms with Crippen LogP contribution in [0.2, 0.25) is 0 Å². The highest BCUT2D eigenvalue weighted by Crippen LogP contribution is 2.45. The van der Waals surface area contributed by atoms with Crippen molar-refractivity contribution in [3.63, 3.8) is 0 Å². The van der Waals surface area contributed by atoms with Crippen molar-refractivity contribution in [2.45, 2.75) is 78.0 Å². The molecule has 3 aromatic rings. The molecule has 4 N–H and O–H groups in total. The summed E-state index contributed by atoms with van der Waals surface area (Å²) in [6.07, 6.45) is 9.28. The summed E-state index contributed by atoms with van der Waals surface area (Å²) in [5, 5.41) is 21.7. The third-order valence-corrected chi connectivity index (χ3v) is 10.3. The SMILES string of the molecule is CCC/C=C(/NC(=NCC(C)=N)c1c(C)c(F)c(-c2ncc(F)c3sc(N)c(C#N)c23)c2c1COC2)OCC12CCCN1CCC2. The van der Waals surface area contributed by atoms with E-state index in [2.05, 4.69) is 28.2 Å². The molecule has 0 spiro atoms. The number of benzene rings is 1. The summed E-state index contributed by atoms with van der Waals surface area (Å²) in [7, 11) is 0. The van der Waals surface area contributed by atoms with E-state index in [0.29, 0.717) is 40.7 Å². The maximum atomic E-state index is 16.8. The molecule has 0 aliphatic carbocycles. The normalized spacial score (nSPS) is 17.7. The van der Waals surface area contributed by atoms with E-state index < -0.39 is 11.6 Å². The fourth-order valence-corrected chi connectivity index (χ4v) is 8.00. The number of thiophene rings is 1. The topological polar surface area (TPSA) is 133 Å². The number of nitrogens with two attached hydrogens (primary N) is 1. The summed E-state index contributed by atoms with van der Waals surface area (Å²) in [6.45, 7) is 8.58. The molecule has 0 amide bonds. The molecule has 2 fully saturated rings. The molecule has 3 aliphatic heterocycles. The summed E-state index contributed by atoms with van der Waals surface area (Å²) in [6, 6.07) is 2.05. The molecule has 0 bridgehead atoms. The number of unbranched alkanes of at least 4 members (excludes halogenated alkanes) is 1. The number of allylic oxidation sites excluding steroid dienone is 1. The molecule has 0 radical (unpaired) electrons. The average molecular weight is 648 g/mol. The number of anilines is 1. The summed E-state index contributed by atoms with van der Waals surface area (Å²) in [4.78, 5) is 11.6. The lowest BCUT2D eigenvalue weighted by molar-refractivity contribution is 0.0682. The monoisotopic (exact) mass is 647 g/mol. The van der Waals surface area contributed by atoms with Gasteiger partial charge in [-0.15, -0.1) is 11.3 Å². The molecular weight excluding hydrogens is 608 g/mol. The van der Waals surface area contributed by atoms with Gasteiger partial charge in [0.2, 0.25) is 0 Å². The van der Waals surface area contributed by atoms with Crippen LogP contribution in [0.15, 0.2) is 23.1 Å². The minimum absolute atomic E-state index is 0.0371. The third kappa shape index (κ3) is 5.65. The molecule has 46 heavy (non-hydrogen) atoms. The fourth-order valence-electron chi connectivity index (χ4n) is 7.08. The van der Waals surface area contributed by atoms with Crippen LogP contribution in [0.25, 0.3) is 21.3 Å². The number of aromatic nitrogens is 1. The van der Waals surface area contributed by atoms with Crippen LogP contribution in [-0.4, -0.2) is 53.2 Å². The quantitative estimate of drug-likeness (QED) is 0.127. The van der Waals surface area contributed by atoms with Gasteiger partial charge in [0.15, 0.2) is 11.7 Å². The Kier molecular flexibility index (Phi) is 9.10. The highest BCUT2D eigenvalue weighted by molar-refractivity contribution is 7.23. The number of nitrogens with one attached hydrogen (secondary N) is 2. The Bertz CT molecular complexity index is 1800. The molecule has 9 nitrogen and oxygen atoms in total. The molecule has 1 aromatic carbocycles. The maximum absolute atomic E-state index is 16.8. The van der Waals surface area contributed by atoms with E-state index in [-0.39, 0.29) is 57.2 Å². The number of hydrogen-bond donors (Lipinski definition) is 3. The van der Waals surface area contributed by atoms with Crippen molar-refractivity contribution in [1.29, 1.82) is 10.7 Å². The van der Waals surface area contributed by atoms with Gasteiger partial charge < -0.3 is 25.9 Å². The lowest BCUT2D eigenvalue weighted by atomic mass is 9.89. The second-order valence-corrected chi connectivity index (χ2v) is 13.4. The van der Waals surface area contributed by atoms with E-state index in [1.165, 1.54) is 0 Å². The number of nitriles is 1. The predicted octanol–water partition coefficient (Wildman–Crippen LogP) is 6.70. The highest BCUT2D eigenvalue weighted by Gasteiger charge is 2.45. The third-order valence-electron chi connectivity index (χ3n) is 9.31. The van der Waals surface area contributed by atoms with Gasteiger partial charge in [0.25, 0.3) is 0 Å². The van der Waals surface area contributed by atoms with Crippen molar-refractivity contribution in [2.75, 3.05) is 32.0 Å². The Balaban J connectivity index is 1.45. The summed E-state index contributed by atoms with van der Waals surface area (Å²) in [5.41, 5.74) is 8.96. The van der Waals surface area contributed by atoms with Crippen molar-refractivity contribution in [3.8, 4) is 17.3 Å². The molecule has 3 aliphatic rings. The Morgan fingerprint density at radius 2 is 2.04 bits per heavy atom. The molecule has 5 heterocycles. The van der Waals surface area contributed by atoms with Crippen LogP contribution in [0.5, 0.6) is 0 Å². The number of amidine groups is 1. The van der Waals surface area contributed by atoms with E-state index in [4.69, 9.17) is 25.6 Å². The number of rotatable bonds is 10. The molecule has 0 atom stereocenters. The smallest absolute Gasteiger partial charge is 0.188 e. The zero-order chi connectivity index (χ0) is 32.6. The Morgan fingerprint density at radius 1 is 1.30 bits per heavy atom. The molecule has 242 valence electrons. The van der Waals surface area contributed by atoms with Gasteiger partial charge in [-0.2, -0.15) is 5.26 Å². The zero-order valence-corrected chi connectivity index (χ0v) is 27.3. The van der Waals surface area contributed by atoms with Crippen LogP contribution in [0.3, 0.4) is 0 Å². The fraction of sp³-hybridized carbons (Fsp3) is 0.471. The van der Waals surface area contributed by atoms with E-state index in [1.807, 2.05) is 6.08 Å². The molecule has 2 aromatic heterocycles. The molecular formula is C34H39F2N7O2S. The number of nitrogen functional groups attached to an aromatic ring is 1. The number of halogens is 2. The number of ether oxygens (including phenoxy) is 2. The largest absolute Gasteiger partial charge is 0.477 e. The predicted molar refractivity (Wildman–Crippen MR) is 177 cm³/mol. The molecule has 6 rings (SSSR count). The number of nitrogens with zero attached hydrogens (tertiary/aromatic N) is 4. The molecule has 2 saturated heterocycles. The van der Waals surface area contributed by atoms with Crippen LogP contribution in [0, 0.1) is 35.3 Å². The van der Waals surface area contributed by atoms with Crippen molar-refractivity contribution in [1.82, 2.24) is 15.2 Å². The van der Waals surface area contributed by atoms with Gasteiger partial charge in [-0.25, -0.2) is 8.78 Å².